The minimum absolute atomic E-state index is 0.0514. The molecule has 0 saturated carbocycles. The van der Waals surface area contributed by atoms with Crippen molar-refractivity contribution in [3.8, 4) is 11.3 Å². The molecule has 0 bridgehead atoms. The number of nitrogens with one attached hydrogen (secondary N) is 2. The van der Waals surface area contributed by atoms with Gasteiger partial charge >= 0.3 is 5.97 Å². The van der Waals surface area contributed by atoms with Crippen LogP contribution in [-0.4, -0.2) is 38.5 Å². The summed E-state index contributed by atoms with van der Waals surface area (Å²) in [5, 5.41) is 15.7. The lowest BCUT2D eigenvalue weighted by atomic mass is 10.0. The van der Waals surface area contributed by atoms with Crippen molar-refractivity contribution in [2.75, 3.05) is 11.9 Å². The van der Waals surface area contributed by atoms with E-state index in [-0.39, 0.29) is 36.2 Å². The molecule has 1 amide bonds. The van der Waals surface area contributed by atoms with Crippen LogP contribution in [0.2, 0.25) is 0 Å². The number of aromatic nitrogens is 1. The van der Waals surface area contributed by atoms with Crippen molar-refractivity contribution >= 4 is 34.9 Å². The number of carboxylic acids is 1. The van der Waals surface area contributed by atoms with Gasteiger partial charge in [-0.3, -0.25) is 9.78 Å². The summed E-state index contributed by atoms with van der Waals surface area (Å²) < 4.78 is 20.2. The molecule has 1 aliphatic rings. The summed E-state index contributed by atoms with van der Waals surface area (Å²) in [7, 11) is 0. The Morgan fingerprint density at radius 2 is 1.89 bits per heavy atom. The molecule has 2 aromatic carbocycles. The Hall–Kier alpha value is -4.57. The summed E-state index contributed by atoms with van der Waals surface area (Å²) in [6, 6.07) is 20.8. The smallest absolute Gasteiger partial charge is 0.335 e. The minimum atomic E-state index is -1.03. The van der Waals surface area contributed by atoms with Crippen LogP contribution >= 0.6 is 12.2 Å². The number of para-hydroxylation sites is 1. The molecule has 1 fully saturated rings. The number of rotatable bonds is 8. The number of carbonyl (C=O) groups is 2. The van der Waals surface area contributed by atoms with E-state index in [9.17, 15) is 19.1 Å². The third kappa shape index (κ3) is 5.25. The molecule has 10 heteroatoms. The maximum Gasteiger partial charge on any atom is 0.335 e. The Morgan fingerprint density at radius 3 is 2.66 bits per heavy atom. The number of amides is 1. The predicted octanol–water partition coefficient (Wildman–Crippen LogP) is 5.18. The Bertz CT molecular complexity index is 1490. The maximum absolute atomic E-state index is 14.0. The number of thiocarbonyl (C=S) groups is 1. The van der Waals surface area contributed by atoms with Gasteiger partial charge in [0, 0.05) is 24.7 Å². The van der Waals surface area contributed by atoms with Crippen molar-refractivity contribution in [2.24, 2.45) is 0 Å². The van der Waals surface area contributed by atoms with Crippen molar-refractivity contribution in [3.05, 3.63) is 108 Å². The van der Waals surface area contributed by atoms with Gasteiger partial charge in [0.05, 0.1) is 23.0 Å². The topological polar surface area (TPSA) is 108 Å². The van der Waals surface area contributed by atoms with Gasteiger partial charge in [0.1, 0.15) is 23.4 Å². The number of carbonyl (C=O) groups excluding carboxylic acids is 1. The molecule has 0 aliphatic carbocycles. The largest absolute Gasteiger partial charge is 0.478 e. The van der Waals surface area contributed by atoms with Gasteiger partial charge in [0.15, 0.2) is 5.11 Å². The first-order valence-corrected chi connectivity index (χ1v) is 12.3. The standard InChI is InChI=1S/C28H23FN4O4S/c29-19-8-1-2-9-20(19)31-24(34)13-15-33-26(25(32-28(33)38)21-10-3-4-14-30-21)23-12-11-22(37-23)17-6-5-7-18(16-17)27(35)36/h1-12,14,16,25-26H,13,15H2,(H,31,34)(H,32,38)(H,35,36). The Balaban J connectivity index is 1.41. The lowest BCUT2D eigenvalue weighted by Gasteiger charge is -2.25. The number of benzene rings is 2. The molecule has 8 nitrogen and oxygen atoms in total. The molecule has 2 aromatic heterocycles. The lowest BCUT2D eigenvalue weighted by molar-refractivity contribution is -0.116. The molecule has 1 saturated heterocycles. The van der Waals surface area contributed by atoms with Gasteiger partial charge in [0.2, 0.25) is 5.91 Å². The average Bonchev–Trinajstić information content (AvgIpc) is 3.54. The molecule has 192 valence electrons. The van der Waals surface area contributed by atoms with Crippen LogP contribution in [0.4, 0.5) is 10.1 Å². The number of carboxylic acid groups (broad SMARTS) is 1. The summed E-state index contributed by atoms with van der Waals surface area (Å²) in [4.78, 5) is 30.4. The van der Waals surface area contributed by atoms with E-state index in [1.807, 2.05) is 29.2 Å². The third-order valence-corrected chi connectivity index (χ3v) is 6.59. The average molecular weight is 531 g/mol. The fourth-order valence-electron chi connectivity index (χ4n) is 4.42. The highest BCUT2D eigenvalue weighted by molar-refractivity contribution is 7.80. The van der Waals surface area contributed by atoms with E-state index in [0.29, 0.717) is 22.2 Å². The molecule has 3 N–H and O–H groups in total. The SMILES string of the molecule is O=C(CCN1C(=S)NC(c2ccccn2)C1c1ccc(-c2cccc(C(=O)O)c2)o1)Nc1ccccc1F. The highest BCUT2D eigenvalue weighted by Crippen LogP contribution is 2.40. The second kappa shape index (κ2) is 10.8. The number of furan rings is 1. The van der Waals surface area contributed by atoms with Crippen molar-refractivity contribution in [1.29, 1.82) is 0 Å². The Labute approximate surface area is 223 Å². The van der Waals surface area contributed by atoms with Gasteiger partial charge < -0.3 is 25.1 Å². The van der Waals surface area contributed by atoms with E-state index in [4.69, 9.17) is 16.6 Å². The van der Waals surface area contributed by atoms with Crippen LogP contribution in [0.3, 0.4) is 0 Å². The first-order valence-electron chi connectivity index (χ1n) is 11.9. The molecular formula is C28H23FN4O4S. The normalized spacial score (nSPS) is 16.8. The van der Waals surface area contributed by atoms with Gasteiger partial charge in [-0.15, -0.1) is 0 Å². The zero-order valence-corrected chi connectivity index (χ0v) is 20.8. The van der Waals surface area contributed by atoms with Crippen molar-refractivity contribution in [2.45, 2.75) is 18.5 Å². The minimum Gasteiger partial charge on any atom is -0.478 e. The van der Waals surface area contributed by atoms with Gasteiger partial charge in [-0.1, -0.05) is 30.3 Å². The van der Waals surface area contributed by atoms with Crippen molar-refractivity contribution in [1.82, 2.24) is 15.2 Å². The van der Waals surface area contributed by atoms with Crippen LogP contribution in [0, 0.1) is 5.82 Å². The maximum atomic E-state index is 14.0. The van der Waals surface area contributed by atoms with E-state index >= 15 is 0 Å². The fraction of sp³-hybridized carbons (Fsp3) is 0.143. The first kappa shape index (κ1) is 25.1. The van der Waals surface area contributed by atoms with E-state index in [2.05, 4.69) is 15.6 Å². The van der Waals surface area contributed by atoms with Gasteiger partial charge in [-0.2, -0.15) is 0 Å². The Kier molecular flexibility index (Phi) is 7.14. The number of pyridine rings is 1. The van der Waals surface area contributed by atoms with Gasteiger partial charge in [0.25, 0.3) is 0 Å². The summed E-state index contributed by atoms with van der Waals surface area (Å²) >= 11 is 5.63. The molecule has 2 unspecified atom stereocenters. The molecule has 38 heavy (non-hydrogen) atoms. The van der Waals surface area contributed by atoms with Crippen molar-refractivity contribution in [3.63, 3.8) is 0 Å². The number of nitrogens with zero attached hydrogens (tertiary/aromatic N) is 2. The highest BCUT2D eigenvalue weighted by atomic mass is 32.1. The number of hydrogen-bond donors (Lipinski definition) is 3. The van der Waals surface area contributed by atoms with Crippen molar-refractivity contribution < 1.29 is 23.5 Å². The van der Waals surface area contributed by atoms with Crippen LogP contribution in [0.15, 0.2) is 89.5 Å². The van der Waals surface area contributed by atoms with Crippen LogP contribution in [0.5, 0.6) is 0 Å². The number of aromatic carboxylic acids is 1. The molecule has 0 radical (unpaired) electrons. The summed E-state index contributed by atoms with van der Waals surface area (Å²) in [5.74, 6) is -0.832. The third-order valence-electron chi connectivity index (χ3n) is 6.24. The van der Waals surface area contributed by atoms with E-state index in [1.54, 1.807) is 42.6 Å². The second-order valence-electron chi connectivity index (χ2n) is 8.69. The summed E-state index contributed by atoms with van der Waals surface area (Å²) in [5.41, 5.74) is 1.62. The molecule has 5 rings (SSSR count). The van der Waals surface area contributed by atoms with Crippen LogP contribution in [0.25, 0.3) is 11.3 Å². The second-order valence-corrected chi connectivity index (χ2v) is 9.07. The van der Waals surface area contributed by atoms with E-state index in [1.165, 1.54) is 18.2 Å². The van der Waals surface area contributed by atoms with Crippen LogP contribution < -0.4 is 10.6 Å². The zero-order chi connectivity index (χ0) is 26.6. The summed E-state index contributed by atoms with van der Waals surface area (Å²) in [6.45, 7) is 0.241. The fourth-order valence-corrected chi connectivity index (χ4v) is 4.76. The van der Waals surface area contributed by atoms with Crippen LogP contribution in [0.1, 0.15) is 40.3 Å². The van der Waals surface area contributed by atoms with Crippen LogP contribution in [-0.2, 0) is 4.79 Å². The first-order chi connectivity index (χ1) is 18.4. The van der Waals surface area contributed by atoms with E-state index in [0.717, 1.165) is 5.69 Å². The molecule has 3 heterocycles. The highest BCUT2D eigenvalue weighted by Gasteiger charge is 2.41. The number of halogens is 1. The molecule has 2 atom stereocenters. The predicted molar refractivity (Wildman–Crippen MR) is 143 cm³/mol. The quantitative estimate of drug-likeness (QED) is 0.268. The lowest BCUT2D eigenvalue weighted by Crippen LogP contribution is -2.32. The zero-order valence-electron chi connectivity index (χ0n) is 20.0. The molecule has 1 aliphatic heterocycles. The Morgan fingerprint density at radius 1 is 1.08 bits per heavy atom. The molecule has 4 aromatic rings. The number of hydrogen-bond acceptors (Lipinski definition) is 5. The molecular weight excluding hydrogens is 507 g/mol. The van der Waals surface area contributed by atoms with Gasteiger partial charge in [-0.05, 0) is 60.7 Å². The monoisotopic (exact) mass is 530 g/mol. The van der Waals surface area contributed by atoms with E-state index < -0.39 is 17.8 Å². The summed E-state index contributed by atoms with van der Waals surface area (Å²) in [6.07, 6.45) is 1.74. The molecule has 0 spiro atoms. The van der Waals surface area contributed by atoms with Gasteiger partial charge in [-0.25, -0.2) is 9.18 Å². The number of anilines is 1.